The monoisotopic (exact) mass is 752 g/mol. The molecule has 0 saturated carbocycles. The van der Waals surface area contributed by atoms with E-state index < -0.39 is 0 Å². The summed E-state index contributed by atoms with van der Waals surface area (Å²) in [6.07, 6.45) is 0. The molecule has 276 valence electrons. The molecule has 0 radical (unpaired) electrons. The third-order valence-electron chi connectivity index (χ3n) is 11.2. The minimum atomic E-state index is 0.622. The quantitative estimate of drug-likeness (QED) is 0.163. The van der Waals surface area contributed by atoms with Crippen LogP contribution >= 0.6 is 0 Å². The first-order valence-corrected chi connectivity index (χ1v) is 19.9. The van der Waals surface area contributed by atoms with Gasteiger partial charge in [-0.15, -0.1) is 0 Å². The Morgan fingerprint density at radius 3 is 1.41 bits per heavy atom. The van der Waals surface area contributed by atoms with Crippen molar-refractivity contribution in [2.45, 2.75) is 0 Å². The highest BCUT2D eigenvalue weighted by Gasteiger charge is 2.17. The van der Waals surface area contributed by atoms with E-state index in [9.17, 15) is 0 Å². The van der Waals surface area contributed by atoms with Crippen LogP contribution in [0.3, 0.4) is 0 Å². The molecule has 9 aromatic carbocycles. The number of aromatic nitrogens is 4. The van der Waals surface area contributed by atoms with Gasteiger partial charge in [0.25, 0.3) is 0 Å². The van der Waals surface area contributed by atoms with Crippen LogP contribution in [0.25, 0.3) is 106 Å². The molecule has 0 spiro atoms. The Morgan fingerprint density at radius 1 is 0.288 bits per heavy atom. The SMILES string of the molecule is c1ccc(-c2cccc(-c3cccc4cccc(-c5ccc(-c6nc(-c7ccccc7)nc(-c7cccc(-n8c9ccccc9c9ccccc98)c7)n6)cc5)c34)c2)cc1. The first kappa shape index (κ1) is 34.3. The zero-order chi connectivity index (χ0) is 39.1. The highest BCUT2D eigenvalue weighted by atomic mass is 15.0. The van der Waals surface area contributed by atoms with Crippen molar-refractivity contribution in [3.63, 3.8) is 0 Å². The van der Waals surface area contributed by atoms with E-state index in [1.807, 2.05) is 30.3 Å². The molecule has 0 unspecified atom stereocenters. The summed E-state index contributed by atoms with van der Waals surface area (Å²) >= 11 is 0. The predicted molar refractivity (Wildman–Crippen MR) is 244 cm³/mol. The molecule has 2 aromatic heterocycles. The van der Waals surface area contributed by atoms with Gasteiger partial charge in [-0.25, -0.2) is 15.0 Å². The fourth-order valence-electron chi connectivity index (χ4n) is 8.45. The normalized spacial score (nSPS) is 11.4. The predicted octanol–water partition coefficient (Wildman–Crippen LogP) is 14.1. The van der Waals surface area contributed by atoms with Crippen molar-refractivity contribution in [2.75, 3.05) is 0 Å². The molecule has 0 aliphatic rings. The summed E-state index contributed by atoms with van der Waals surface area (Å²) in [6.45, 7) is 0. The molecule has 0 atom stereocenters. The Kier molecular flexibility index (Phi) is 8.45. The number of nitrogens with zero attached hydrogens (tertiary/aromatic N) is 4. The van der Waals surface area contributed by atoms with Crippen LogP contribution < -0.4 is 0 Å². The van der Waals surface area contributed by atoms with Gasteiger partial charge in [0.2, 0.25) is 0 Å². The van der Waals surface area contributed by atoms with E-state index in [4.69, 9.17) is 15.0 Å². The summed E-state index contributed by atoms with van der Waals surface area (Å²) in [5.74, 6) is 1.88. The number of para-hydroxylation sites is 2. The molecule has 2 heterocycles. The molecule has 0 saturated heterocycles. The number of hydrogen-bond acceptors (Lipinski definition) is 3. The standard InChI is InChI=1S/C55H36N4/c1-3-15-37(16-4-1)42-21-11-22-43(35-42)47-28-14-20-39-19-13-27-46(52(39)47)38-31-33-41(34-32-38)54-56-53(40-17-5-2-6-18-40)57-55(58-54)44-23-12-24-45(36-44)59-50-29-9-7-25-48(50)49-26-8-10-30-51(49)59/h1-36H. The first-order valence-electron chi connectivity index (χ1n) is 19.9. The van der Waals surface area contributed by atoms with E-state index in [0.717, 1.165) is 39.0 Å². The Morgan fingerprint density at radius 2 is 0.746 bits per heavy atom. The molecular weight excluding hydrogens is 717 g/mol. The van der Waals surface area contributed by atoms with Crippen LogP contribution in [0, 0.1) is 0 Å². The molecule has 11 aromatic rings. The van der Waals surface area contributed by atoms with Crippen molar-refractivity contribution in [3.05, 3.63) is 218 Å². The lowest BCUT2D eigenvalue weighted by molar-refractivity contribution is 1.07. The molecule has 11 rings (SSSR count). The highest BCUT2D eigenvalue weighted by Crippen LogP contribution is 2.39. The number of benzene rings is 9. The second-order valence-corrected chi connectivity index (χ2v) is 14.8. The average molecular weight is 753 g/mol. The van der Waals surface area contributed by atoms with Crippen molar-refractivity contribution in [2.24, 2.45) is 0 Å². The fourth-order valence-corrected chi connectivity index (χ4v) is 8.45. The van der Waals surface area contributed by atoms with Gasteiger partial charge in [0.05, 0.1) is 11.0 Å². The van der Waals surface area contributed by atoms with Crippen molar-refractivity contribution in [1.29, 1.82) is 0 Å². The number of rotatable bonds is 7. The molecule has 0 aliphatic heterocycles. The fraction of sp³-hybridized carbons (Fsp3) is 0. The van der Waals surface area contributed by atoms with E-state index in [1.54, 1.807) is 0 Å². The van der Waals surface area contributed by atoms with Crippen LogP contribution in [-0.4, -0.2) is 19.5 Å². The summed E-state index contributed by atoms with van der Waals surface area (Å²) in [7, 11) is 0. The lowest BCUT2D eigenvalue weighted by atomic mass is 9.90. The summed E-state index contributed by atoms with van der Waals surface area (Å²) in [5.41, 5.74) is 13.3. The smallest absolute Gasteiger partial charge is 0.164 e. The Balaban J connectivity index is 1.01. The van der Waals surface area contributed by atoms with Crippen molar-refractivity contribution in [1.82, 2.24) is 19.5 Å². The Hall–Kier alpha value is -7.95. The maximum Gasteiger partial charge on any atom is 0.164 e. The second-order valence-electron chi connectivity index (χ2n) is 14.8. The number of hydrogen-bond donors (Lipinski definition) is 0. The maximum absolute atomic E-state index is 5.15. The van der Waals surface area contributed by atoms with Crippen molar-refractivity contribution >= 4 is 32.6 Å². The summed E-state index contributed by atoms with van der Waals surface area (Å²) in [6, 6.07) is 77.0. The first-order chi connectivity index (χ1) is 29.2. The lowest BCUT2D eigenvalue weighted by Gasteiger charge is -2.14. The van der Waals surface area contributed by atoms with E-state index in [1.165, 1.54) is 49.4 Å². The minimum Gasteiger partial charge on any atom is -0.309 e. The van der Waals surface area contributed by atoms with Crippen molar-refractivity contribution in [3.8, 4) is 73.2 Å². The van der Waals surface area contributed by atoms with E-state index in [0.29, 0.717) is 17.5 Å². The van der Waals surface area contributed by atoms with Crippen LogP contribution in [0.2, 0.25) is 0 Å². The van der Waals surface area contributed by atoms with Gasteiger partial charge in [0, 0.05) is 33.2 Å². The Labute approximate surface area is 342 Å². The summed E-state index contributed by atoms with van der Waals surface area (Å²) in [5, 5.41) is 4.88. The van der Waals surface area contributed by atoms with Crippen LogP contribution in [0.1, 0.15) is 0 Å². The highest BCUT2D eigenvalue weighted by molar-refractivity contribution is 6.09. The third-order valence-corrected chi connectivity index (χ3v) is 11.2. The number of fused-ring (bicyclic) bond motifs is 4. The molecule has 0 fully saturated rings. The molecule has 59 heavy (non-hydrogen) atoms. The maximum atomic E-state index is 5.15. The van der Waals surface area contributed by atoms with E-state index in [-0.39, 0.29) is 0 Å². The van der Waals surface area contributed by atoms with E-state index in [2.05, 4.69) is 193 Å². The molecule has 4 nitrogen and oxygen atoms in total. The van der Waals surface area contributed by atoms with Gasteiger partial charge in [-0.2, -0.15) is 0 Å². The zero-order valence-electron chi connectivity index (χ0n) is 32.1. The Bertz CT molecular complexity index is 3250. The van der Waals surface area contributed by atoms with Gasteiger partial charge in [-0.3, -0.25) is 0 Å². The minimum absolute atomic E-state index is 0.622. The van der Waals surface area contributed by atoms with Crippen molar-refractivity contribution < 1.29 is 0 Å². The van der Waals surface area contributed by atoms with Crippen LogP contribution in [-0.2, 0) is 0 Å². The van der Waals surface area contributed by atoms with Gasteiger partial charge in [-0.05, 0) is 74.5 Å². The van der Waals surface area contributed by atoms with Gasteiger partial charge < -0.3 is 4.57 Å². The van der Waals surface area contributed by atoms with Gasteiger partial charge >= 0.3 is 0 Å². The third kappa shape index (κ3) is 6.24. The molecule has 0 bridgehead atoms. The zero-order valence-corrected chi connectivity index (χ0v) is 32.1. The molecule has 0 amide bonds. The largest absolute Gasteiger partial charge is 0.309 e. The molecule has 4 heteroatoms. The van der Waals surface area contributed by atoms with Gasteiger partial charge in [0.15, 0.2) is 17.5 Å². The van der Waals surface area contributed by atoms with Crippen LogP contribution in [0.4, 0.5) is 0 Å². The average Bonchev–Trinajstić information content (AvgIpc) is 3.66. The summed E-state index contributed by atoms with van der Waals surface area (Å²) in [4.78, 5) is 15.3. The summed E-state index contributed by atoms with van der Waals surface area (Å²) < 4.78 is 2.33. The van der Waals surface area contributed by atoms with E-state index >= 15 is 0 Å². The van der Waals surface area contributed by atoms with Gasteiger partial charge in [0.1, 0.15) is 0 Å². The molecule has 0 N–H and O–H groups in total. The molecular formula is C55H36N4. The lowest BCUT2D eigenvalue weighted by Crippen LogP contribution is -2.01. The second kappa shape index (κ2) is 14.5. The van der Waals surface area contributed by atoms with Crippen LogP contribution in [0.15, 0.2) is 218 Å². The van der Waals surface area contributed by atoms with Crippen LogP contribution in [0.5, 0.6) is 0 Å². The van der Waals surface area contributed by atoms with Gasteiger partial charge in [-0.1, -0.05) is 188 Å². The molecule has 0 aliphatic carbocycles. The topological polar surface area (TPSA) is 43.6 Å².